The number of benzene rings is 1. The van der Waals surface area contributed by atoms with Crippen molar-refractivity contribution in [1.29, 1.82) is 0 Å². The van der Waals surface area contributed by atoms with Gasteiger partial charge in [0, 0.05) is 0 Å². The van der Waals surface area contributed by atoms with E-state index in [1.165, 1.54) is 6.07 Å². The quantitative estimate of drug-likeness (QED) is 0.792. The minimum absolute atomic E-state index is 0. The fourth-order valence-electron chi connectivity index (χ4n) is 0.928. The Kier molecular flexibility index (Phi) is 4.44. The Labute approximate surface area is 90.3 Å². The fourth-order valence-corrected chi connectivity index (χ4v) is 1.34. The maximum Gasteiger partial charge on any atom is 0.446 e. The Hall–Kier alpha value is -0.720. The van der Waals surface area contributed by atoms with Gasteiger partial charge in [-0.05, 0) is 31.0 Å². The van der Waals surface area contributed by atoms with E-state index in [4.69, 9.17) is 4.55 Å². The summed E-state index contributed by atoms with van der Waals surface area (Å²) in [5, 5.41) is 0. The van der Waals surface area contributed by atoms with Crippen molar-refractivity contribution < 1.29 is 17.2 Å². The Morgan fingerprint density at radius 1 is 1.29 bits per heavy atom. The monoisotopic (exact) mass is 236 g/mol. The van der Waals surface area contributed by atoms with Gasteiger partial charge in [0.1, 0.15) is 5.75 Å². The van der Waals surface area contributed by atoms with Gasteiger partial charge in [0.25, 0.3) is 0 Å². The van der Waals surface area contributed by atoms with Crippen molar-refractivity contribution in [3.8, 4) is 5.75 Å². The molecule has 1 aromatic rings. The van der Waals surface area contributed by atoms with Gasteiger partial charge in [-0.15, -0.1) is 0 Å². The Morgan fingerprint density at radius 2 is 1.86 bits per heavy atom. The van der Waals surface area contributed by atoms with Crippen LogP contribution in [0.5, 0.6) is 5.75 Å². The summed E-state index contributed by atoms with van der Waals surface area (Å²) < 4.78 is 33.6. The topological polar surface area (TPSA) is 63.6 Å². The SMILES string of the molecule is Cc1cccc(OS(=O)(=O)O)c1C.S. The van der Waals surface area contributed by atoms with Crippen molar-refractivity contribution in [1.82, 2.24) is 0 Å². The Balaban J connectivity index is 0.00000169. The van der Waals surface area contributed by atoms with Gasteiger partial charge in [0.05, 0.1) is 0 Å². The third-order valence-electron chi connectivity index (χ3n) is 1.75. The maximum absolute atomic E-state index is 10.4. The summed E-state index contributed by atoms with van der Waals surface area (Å²) in [6.45, 7) is 3.54. The molecule has 1 N–H and O–H groups in total. The minimum atomic E-state index is -4.42. The molecule has 1 aromatic carbocycles. The first-order chi connectivity index (χ1) is 5.90. The molecule has 0 bridgehead atoms. The molecule has 0 spiro atoms. The van der Waals surface area contributed by atoms with Crippen LogP contribution in [0.4, 0.5) is 0 Å². The van der Waals surface area contributed by atoms with E-state index < -0.39 is 10.4 Å². The van der Waals surface area contributed by atoms with Crippen LogP contribution in [0.25, 0.3) is 0 Å². The zero-order valence-electron chi connectivity index (χ0n) is 7.81. The van der Waals surface area contributed by atoms with Crippen LogP contribution < -0.4 is 4.18 Å². The average molecular weight is 236 g/mol. The van der Waals surface area contributed by atoms with Crippen LogP contribution in [-0.4, -0.2) is 13.0 Å². The number of hydrogen-bond acceptors (Lipinski definition) is 3. The van der Waals surface area contributed by atoms with E-state index in [0.29, 0.717) is 5.56 Å². The summed E-state index contributed by atoms with van der Waals surface area (Å²) in [5.74, 6) is 0.155. The highest BCUT2D eigenvalue weighted by Crippen LogP contribution is 2.21. The summed E-state index contributed by atoms with van der Waals surface area (Å²) in [4.78, 5) is 0. The molecule has 0 aromatic heterocycles. The average Bonchev–Trinajstić information content (AvgIpc) is 1.96. The summed E-state index contributed by atoms with van der Waals surface area (Å²) in [5.41, 5.74) is 1.60. The van der Waals surface area contributed by atoms with Crippen molar-refractivity contribution in [2.45, 2.75) is 13.8 Å². The van der Waals surface area contributed by atoms with Gasteiger partial charge in [-0.2, -0.15) is 21.9 Å². The summed E-state index contributed by atoms with van der Waals surface area (Å²) >= 11 is 0. The largest absolute Gasteiger partial charge is 0.446 e. The van der Waals surface area contributed by atoms with Crippen LogP contribution in [0.1, 0.15) is 11.1 Å². The van der Waals surface area contributed by atoms with Gasteiger partial charge >= 0.3 is 10.4 Å². The molecule has 0 unspecified atom stereocenters. The predicted octanol–water partition coefficient (Wildman–Crippen LogP) is 1.60. The standard InChI is InChI=1S/C8H10O4S.H2S/c1-6-4-3-5-8(7(6)2)12-13(9,10)11;/h3-5H,1-2H3,(H,9,10,11);1H2. The third-order valence-corrected chi connectivity index (χ3v) is 2.14. The molecule has 6 heteroatoms. The lowest BCUT2D eigenvalue weighted by molar-refractivity contribution is 0.385. The van der Waals surface area contributed by atoms with E-state index in [0.717, 1.165) is 5.56 Å². The van der Waals surface area contributed by atoms with Crippen molar-refractivity contribution >= 4 is 23.9 Å². The lowest BCUT2D eigenvalue weighted by Crippen LogP contribution is -2.07. The molecule has 0 amide bonds. The van der Waals surface area contributed by atoms with E-state index in [9.17, 15) is 8.42 Å². The first-order valence-electron chi connectivity index (χ1n) is 3.63. The van der Waals surface area contributed by atoms with Gasteiger partial charge in [-0.3, -0.25) is 4.55 Å². The van der Waals surface area contributed by atoms with Crippen LogP contribution in [0.2, 0.25) is 0 Å². The van der Waals surface area contributed by atoms with Crippen molar-refractivity contribution in [2.24, 2.45) is 0 Å². The minimum Gasteiger partial charge on any atom is -0.362 e. The van der Waals surface area contributed by atoms with E-state index >= 15 is 0 Å². The van der Waals surface area contributed by atoms with Crippen molar-refractivity contribution in [2.75, 3.05) is 0 Å². The molecule has 14 heavy (non-hydrogen) atoms. The lowest BCUT2D eigenvalue weighted by Gasteiger charge is -2.06. The molecule has 0 heterocycles. The second-order valence-corrected chi connectivity index (χ2v) is 3.73. The molecule has 0 radical (unpaired) electrons. The molecule has 0 saturated heterocycles. The number of aryl methyl sites for hydroxylation is 1. The van der Waals surface area contributed by atoms with E-state index in [2.05, 4.69) is 4.18 Å². The maximum atomic E-state index is 10.4. The second-order valence-electron chi connectivity index (χ2n) is 2.71. The molecule has 0 atom stereocenters. The summed E-state index contributed by atoms with van der Waals surface area (Å²) in [7, 11) is -4.42. The first-order valence-corrected chi connectivity index (χ1v) is 5.00. The van der Waals surface area contributed by atoms with Crippen LogP contribution >= 0.6 is 13.5 Å². The molecule has 4 nitrogen and oxygen atoms in total. The van der Waals surface area contributed by atoms with Crippen LogP contribution in [0.15, 0.2) is 18.2 Å². The molecule has 80 valence electrons. The molecule has 0 saturated carbocycles. The normalized spacial score (nSPS) is 10.5. The molecular weight excluding hydrogens is 224 g/mol. The zero-order chi connectivity index (χ0) is 10.1. The van der Waals surface area contributed by atoms with Crippen LogP contribution in [0.3, 0.4) is 0 Å². The highest BCUT2D eigenvalue weighted by atomic mass is 32.3. The van der Waals surface area contributed by atoms with Crippen molar-refractivity contribution in [3.63, 3.8) is 0 Å². The molecule has 0 aliphatic carbocycles. The van der Waals surface area contributed by atoms with Crippen LogP contribution in [0, 0.1) is 13.8 Å². The van der Waals surface area contributed by atoms with E-state index in [-0.39, 0.29) is 19.2 Å². The molecule has 1 rings (SSSR count). The highest BCUT2D eigenvalue weighted by molar-refractivity contribution is 7.81. The van der Waals surface area contributed by atoms with E-state index in [1.807, 2.05) is 13.0 Å². The first kappa shape index (κ1) is 13.3. The molecule has 0 aliphatic rings. The molecular formula is C8H12O4S2. The fraction of sp³-hybridized carbons (Fsp3) is 0.250. The predicted molar refractivity (Wildman–Crippen MR) is 58.5 cm³/mol. The second kappa shape index (κ2) is 4.68. The molecule has 0 fully saturated rings. The smallest absolute Gasteiger partial charge is 0.362 e. The van der Waals surface area contributed by atoms with Crippen molar-refractivity contribution in [3.05, 3.63) is 29.3 Å². The number of rotatable bonds is 2. The van der Waals surface area contributed by atoms with E-state index in [1.54, 1.807) is 13.0 Å². The van der Waals surface area contributed by atoms with Crippen LogP contribution in [-0.2, 0) is 10.4 Å². The molecule has 0 aliphatic heterocycles. The summed E-state index contributed by atoms with van der Waals surface area (Å²) in [6.07, 6.45) is 0. The zero-order valence-corrected chi connectivity index (χ0v) is 9.63. The van der Waals surface area contributed by atoms with Gasteiger partial charge < -0.3 is 4.18 Å². The summed E-state index contributed by atoms with van der Waals surface area (Å²) in [6, 6.07) is 4.96. The van der Waals surface area contributed by atoms with Gasteiger partial charge in [-0.1, -0.05) is 12.1 Å². The Bertz CT molecular complexity index is 411. The van der Waals surface area contributed by atoms with Gasteiger partial charge in [-0.25, -0.2) is 0 Å². The van der Waals surface area contributed by atoms with Gasteiger partial charge in [0.15, 0.2) is 0 Å². The van der Waals surface area contributed by atoms with Gasteiger partial charge in [0.2, 0.25) is 0 Å². The Morgan fingerprint density at radius 3 is 2.36 bits per heavy atom. The highest BCUT2D eigenvalue weighted by Gasteiger charge is 2.09. The lowest BCUT2D eigenvalue weighted by atomic mass is 10.1. The third kappa shape index (κ3) is 3.57. The number of hydrogen-bond donors (Lipinski definition) is 1.